The molecule has 0 aliphatic rings. The largest absolute Gasteiger partial charge is 0.481 e. The molecule has 0 radical (unpaired) electrons. The number of nitrogens with two attached hydrogens (primary N) is 3. The molecule has 0 aromatic rings. The molecule has 0 aliphatic heterocycles. The summed E-state index contributed by atoms with van der Waals surface area (Å²) in [5.74, 6) is -7.71. The number of primary amides is 1. The van der Waals surface area contributed by atoms with Crippen molar-refractivity contribution in [2.45, 2.75) is 96.4 Å². The topological polar surface area (TPSA) is 286 Å². The number of hydrogen-bond donors (Lipinski definition) is 9. The molecule has 16 nitrogen and oxygen atoms in total. The molecule has 5 amide bonds. The summed E-state index contributed by atoms with van der Waals surface area (Å²) in [7, 11) is 0. The van der Waals surface area contributed by atoms with E-state index in [0.717, 1.165) is 0 Å². The van der Waals surface area contributed by atoms with Crippen molar-refractivity contribution in [2.75, 3.05) is 6.54 Å². The van der Waals surface area contributed by atoms with Crippen molar-refractivity contribution in [2.24, 2.45) is 29.0 Å². The molecule has 0 spiro atoms. The van der Waals surface area contributed by atoms with Crippen LogP contribution in [0.25, 0.3) is 0 Å². The summed E-state index contributed by atoms with van der Waals surface area (Å²) in [5, 5.41) is 27.5. The molecule has 0 heterocycles. The minimum Gasteiger partial charge on any atom is -0.481 e. The molecule has 0 rings (SSSR count). The maximum absolute atomic E-state index is 13.2. The molecule has 0 aliphatic carbocycles. The number of rotatable bonds is 20. The van der Waals surface area contributed by atoms with E-state index in [0.29, 0.717) is 25.8 Å². The van der Waals surface area contributed by atoms with Gasteiger partial charge < -0.3 is 48.7 Å². The number of carbonyl (C=O) groups excluding carboxylic acids is 5. The minimum absolute atomic E-state index is 0.0715. The van der Waals surface area contributed by atoms with Crippen molar-refractivity contribution < 1.29 is 43.8 Å². The Labute approximate surface area is 238 Å². The number of carbonyl (C=O) groups is 7. The van der Waals surface area contributed by atoms with Crippen LogP contribution in [0.4, 0.5) is 0 Å². The number of carboxylic acid groups (broad SMARTS) is 2. The smallest absolute Gasteiger partial charge is 0.326 e. The zero-order chi connectivity index (χ0) is 31.9. The summed E-state index contributed by atoms with van der Waals surface area (Å²) >= 11 is 0. The molecule has 234 valence electrons. The Hall–Kier alpha value is -3.79. The normalized spacial score (nSPS) is 14.7. The second kappa shape index (κ2) is 18.5. The lowest BCUT2D eigenvalue weighted by molar-refractivity contribution is -0.147. The van der Waals surface area contributed by atoms with Gasteiger partial charge in [0.2, 0.25) is 29.5 Å². The second-order valence-corrected chi connectivity index (χ2v) is 10.5. The minimum atomic E-state index is -1.84. The van der Waals surface area contributed by atoms with Crippen molar-refractivity contribution in [3.63, 3.8) is 0 Å². The van der Waals surface area contributed by atoms with E-state index in [9.17, 15) is 38.7 Å². The van der Waals surface area contributed by atoms with Crippen molar-refractivity contribution >= 4 is 41.5 Å². The van der Waals surface area contributed by atoms with E-state index >= 15 is 0 Å². The van der Waals surface area contributed by atoms with Gasteiger partial charge in [-0.25, -0.2) is 4.79 Å². The van der Waals surface area contributed by atoms with Gasteiger partial charge in [0.15, 0.2) is 0 Å². The highest BCUT2D eigenvalue weighted by atomic mass is 16.4. The van der Waals surface area contributed by atoms with Crippen LogP contribution >= 0.6 is 0 Å². The molecule has 41 heavy (non-hydrogen) atoms. The highest BCUT2D eigenvalue weighted by molar-refractivity contribution is 5.97. The van der Waals surface area contributed by atoms with Crippen LogP contribution in [-0.4, -0.2) is 88.4 Å². The SMILES string of the molecule is CC(C)C[C@H](N)C(=O)N[C@H](C(=O)N[C@@H](CCCCN)C(=O)N[C@@H](CC(N)=O)C(=O)N[C@@H](CC(=O)O)C(=O)O)C(C)C. The first-order chi connectivity index (χ1) is 19.0. The van der Waals surface area contributed by atoms with Crippen LogP contribution in [0.2, 0.25) is 0 Å². The Morgan fingerprint density at radius 3 is 1.71 bits per heavy atom. The van der Waals surface area contributed by atoms with E-state index in [2.05, 4.69) is 16.0 Å². The fraction of sp³-hybridized carbons (Fsp3) is 0.720. The summed E-state index contributed by atoms with van der Waals surface area (Å²) < 4.78 is 0. The van der Waals surface area contributed by atoms with Gasteiger partial charge in [-0.1, -0.05) is 27.7 Å². The number of aliphatic carboxylic acids is 2. The highest BCUT2D eigenvalue weighted by Crippen LogP contribution is 2.09. The summed E-state index contributed by atoms with van der Waals surface area (Å²) in [5.41, 5.74) is 16.7. The van der Waals surface area contributed by atoms with Gasteiger partial charge in [0, 0.05) is 0 Å². The van der Waals surface area contributed by atoms with E-state index in [1.54, 1.807) is 13.8 Å². The summed E-state index contributed by atoms with van der Waals surface area (Å²) in [4.78, 5) is 85.6. The van der Waals surface area contributed by atoms with Gasteiger partial charge in [-0.15, -0.1) is 0 Å². The molecule has 5 atom stereocenters. The highest BCUT2D eigenvalue weighted by Gasteiger charge is 2.33. The molecule has 0 bridgehead atoms. The fourth-order valence-electron chi connectivity index (χ4n) is 3.76. The third-order valence-electron chi connectivity index (χ3n) is 5.92. The quantitative estimate of drug-likeness (QED) is 0.0672. The molecule has 0 aromatic heterocycles. The van der Waals surface area contributed by atoms with Gasteiger partial charge in [0.1, 0.15) is 24.2 Å². The lowest BCUT2D eigenvalue weighted by Gasteiger charge is -2.27. The molecular formula is C25H45N7O9. The van der Waals surface area contributed by atoms with Crippen molar-refractivity contribution in [1.82, 2.24) is 21.3 Å². The Balaban J connectivity index is 5.86. The molecule has 0 saturated heterocycles. The van der Waals surface area contributed by atoms with Crippen LogP contribution in [0.3, 0.4) is 0 Å². The number of nitrogens with one attached hydrogen (secondary N) is 4. The number of amides is 5. The van der Waals surface area contributed by atoms with Gasteiger partial charge in [-0.05, 0) is 44.1 Å². The third-order valence-corrected chi connectivity index (χ3v) is 5.92. The summed E-state index contributed by atoms with van der Waals surface area (Å²) in [6, 6.07) is -6.66. The Morgan fingerprint density at radius 1 is 0.707 bits per heavy atom. The van der Waals surface area contributed by atoms with Crippen LogP contribution in [0.15, 0.2) is 0 Å². The lowest BCUT2D eigenvalue weighted by Crippen LogP contribution is -2.59. The van der Waals surface area contributed by atoms with Gasteiger partial charge in [0.25, 0.3) is 0 Å². The Bertz CT molecular complexity index is 942. The number of hydrogen-bond acceptors (Lipinski definition) is 9. The van der Waals surface area contributed by atoms with Gasteiger partial charge >= 0.3 is 11.9 Å². The fourth-order valence-corrected chi connectivity index (χ4v) is 3.76. The van der Waals surface area contributed by atoms with E-state index in [1.807, 2.05) is 19.2 Å². The third kappa shape index (κ3) is 15.0. The maximum Gasteiger partial charge on any atom is 0.326 e. The van der Waals surface area contributed by atoms with Crippen molar-refractivity contribution in [3.05, 3.63) is 0 Å². The molecule has 12 N–H and O–H groups in total. The standard InChI is InChI=1S/C25H45N7O9/c1-12(2)9-14(27)21(36)32-20(13(3)4)24(39)29-15(7-5-6-8-26)22(37)30-16(10-18(28)33)23(38)31-17(25(40)41)11-19(34)35/h12-17,20H,5-11,26-27H2,1-4H3,(H2,28,33)(H,29,39)(H,30,37)(H,31,38)(H,32,36)(H,34,35)(H,40,41)/t14-,15-,16-,17-,20-/m0/s1. The number of unbranched alkanes of at least 4 members (excludes halogenated alkanes) is 1. The first-order valence-corrected chi connectivity index (χ1v) is 13.4. The first kappa shape index (κ1) is 37.2. The maximum atomic E-state index is 13.2. The predicted molar refractivity (Wildman–Crippen MR) is 147 cm³/mol. The van der Waals surface area contributed by atoms with Crippen LogP contribution < -0.4 is 38.5 Å². The van der Waals surface area contributed by atoms with Crippen LogP contribution in [0.1, 0.15) is 66.2 Å². The predicted octanol–water partition coefficient (Wildman–Crippen LogP) is -2.48. The Kier molecular flexibility index (Phi) is 16.8. The zero-order valence-electron chi connectivity index (χ0n) is 24.0. The first-order valence-electron chi connectivity index (χ1n) is 13.4. The van der Waals surface area contributed by atoms with E-state index in [1.165, 1.54) is 0 Å². The van der Waals surface area contributed by atoms with Crippen molar-refractivity contribution in [1.29, 1.82) is 0 Å². The molecule has 0 saturated carbocycles. The Morgan fingerprint density at radius 2 is 1.24 bits per heavy atom. The molecular weight excluding hydrogens is 542 g/mol. The van der Waals surface area contributed by atoms with Crippen molar-refractivity contribution in [3.8, 4) is 0 Å². The molecule has 0 unspecified atom stereocenters. The zero-order valence-corrected chi connectivity index (χ0v) is 24.0. The van der Waals surface area contributed by atoms with Gasteiger partial charge in [-0.3, -0.25) is 28.8 Å². The van der Waals surface area contributed by atoms with E-state index in [-0.39, 0.29) is 12.3 Å². The lowest BCUT2D eigenvalue weighted by atomic mass is 9.99. The molecule has 0 fully saturated rings. The average Bonchev–Trinajstić information content (AvgIpc) is 2.84. The second-order valence-electron chi connectivity index (χ2n) is 10.5. The van der Waals surface area contributed by atoms with Gasteiger partial charge in [-0.2, -0.15) is 0 Å². The van der Waals surface area contributed by atoms with Crippen LogP contribution in [0, 0.1) is 11.8 Å². The average molecular weight is 588 g/mol. The van der Waals surface area contributed by atoms with Crippen LogP contribution in [0.5, 0.6) is 0 Å². The molecule has 0 aromatic carbocycles. The monoisotopic (exact) mass is 587 g/mol. The molecule has 16 heteroatoms. The summed E-state index contributed by atoms with van der Waals surface area (Å²) in [6.45, 7) is 7.46. The van der Waals surface area contributed by atoms with Gasteiger partial charge in [0.05, 0.1) is 18.9 Å². The van der Waals surface area contributed by atoms with Crippen LogP contribution in [-0.2, 0) is 33.6 Å². The van der Waals surface area contributed by atoms with E-state index in [4.69, 9.17) is 22.3 Å². The van der Waals surface area contributed by atoms with E-state index < -0.39 is 90.4 Å². The number of carboxylic acids is 2. The summed E-state index contributed by atoms with van der Waals surface area (Å²) in [6.07, 6.45) is -0.352.